The van der Waals surface area contributed by atoms with Gasteiger partial charge in [0.2, 0.25) is 0 Å². The summed E-state index contributed by atoms with van der Waals surface area (Å²) in [5, 5.41) is 10.5. The molecule has 1 aliphatic heterocycles. The number of hydrogen-bond donors (Lipinski definition) is 2. The summed E-state index contributed by atoms with van der Waals surface area (Å²) in [5.74, 6) is 3.06. The van der Waals surface area contributed by atoms with Gasteiger partial charge in [-0.2, -0.15) is 0 Å². The lowest BCUT2D eigenvalue weighted by molar-refractivity contribution is 0.370. The van der Waals surface area contributed by atoms with Crippen LogP contribution in [0.4, 0.5) is 11.6 Å². The van der Waals surface area contributed by atoms with Crippen LogP contribution in [0.1, 0.15) is 24.3 Å². The van der Waals surface area contributed by atoms with Crippen molar-refractivity contribution < 1.29 is 4.52 Å². The first-order chi connectivity index (χ1) is 9.79. The van der Waals surface area contributed by atoms with E-state index in [9.17, 15) is 0 Å². The molecular formula is C15H20N4O. The second-order valence-electron chi connectivity index (χ2n) is 5.36. The third-order valence-corrected chi connectivity index (χ3v) is 3.65. The third-order valence-electron chi connectivity index (χ3n) is 3.65. The number of piperidine rings is 1. The molecule has 0 unspecified atom stereocenters. The van der Waals surface area contributed by atoms with Crippen LogP contribution in [0.3, 0.4) is 0 Å². The molecule has 0 atom stereocenters. The number of hydrogen-bond acceptors (Lipinski definition) is 5. The third kappa shape index (κ3) is 3.36. The first kappa shape index (κ1) is 13.1. The molecule has 1 saturated heterocycles. The Labute approximate surface area is 118 Å². The molecule has 3 rings (SSSR count). The monoisotopic (exact) mass is 272 g/mol. The Morgan fingerprint density at radius 3 is 2.90 bits per heavy atom. The minimum atomic E-state index is 0.703. The molecule has 2 aromatic rings. The van der Waals surface area contributed by atoms with E-state index in [1.165, 1.54) is 12.8 Å². The van der Waals surface area contributed by atoms with E-state index in [0.29, 0.717) is 5.82 Å². The topological polar surface area (TPSA) is 63.0 Å². The number of pyridine rings is 1. The summed E-state index contributed by atoms with van der Waals surface area (Å²) >= 11 is 0. The molecule has 5 heteroatoms. The minimum absolute atomic E-state index is 0.703. The minimum Gasteiger partial charge on any atom is -0.360 e. The van der Waals surface area contributed by atoms with Crippen molar-refractivity contribution in [3.63, 3.8) is 0 Å². The van der Waals surface area contributed by atoms with Crippen molar-refractivity contribution in [2.75, 3.05) is 18.4 Å². The molecule has 1 fully saturated rings. The van der Waals surface area contributed by atoms with Gasteiger partial charge in [0.15, 0.2) is 5.82 Å². The summed E-state index contributed by atoms with van der Waals surface area (Å²) in [4.78, 5) is 4.66. The predicted octanol–water partition coefficient (Wildman–Crippen LogP) is 2.66. The summed E-state index contributed by atoms with van der Waals surface area (Å²) in [6, 6.07) is 7.96. The van der Waals surface area contributed by atoms with Crippen LogP contribution in [0.25, 0.3) is 0 Å². The van der Waals surface area contributed by atoms with Gasteiger partial charge in [0.05, 0.1) is 0 Å². The largest absolute Gasteiger partial charge is 0.360 e. The highest BCUT2D eigenvalue weighted by Crippen LogP contribution is 2.19. The molecule has 5 nitrogen and oxygen atoms in total. The molecule has 1 aliphatic rings. The van der Waals surface area contributed by atoms with E-state index in [1.54, 1.807) is 0 Å². The Kier molecular flexibility index (Phi) is 3.97. The highest BCUT2D eigenvalue weighted by molar-refractivity contribution is 5.51. The second-order valence-corrected chi connectivity index (χ2v) is 5.36. The Morgan fingerprint density at radius 1 is 1.30 bits per heavy atom. The molecule has 0 aromatic carbocycles. The van der Waals surface area contributed by atoms with Crippen molar-refractivity contribution in [2.45, 2.75) is 26.2 Å². The van der Waals surface area contributed by atoms with Crippen molar-refractivity contribution in [1.29, 1.82) is 0 Å². The van der Waals surface area contributed by atoms with Crippen molar-refractivity contribution in [3.05, 3.63) is 35.7 Å². The molecule has 0 radical (unpaired) electrons. The lowest BCUT2D eigenvalue weighted by atomic mass is 9.93. The fourth-order valence-corrected chi connectivity index (χ4v) is 2.60. The fourth-order valence-electron chi connectivity index (χ4n) is 2.60. The van der Waals surface area contributed by atoms with E-state index in [1.807, 2.05) is 25.1 Å². The second kappa shape index (κ2) is 6.05. The molecule has 3 heterocycles. The summed E-state index contributed by atoms with van der Waals surface area (Å²) in [6.07, 6.45) is 3.53. The zero-order valence-electron chi connectivity index (χ0n) is 11.7. The number of rotatable bonds is 4. The highest BCUT2D eigenvalue weighted by atomic mass is 16.5. The standard InChI is InChI=1S/C15H20N4O/c1-11-9-15(19-20-11)18-14-4-2-3-13(17-14)10-12-5-7-16-8-6-12/h2-4,9,12,16H,5-8,10H2,1H3,(H,17,18,19). The number of nitrogens with zero attached hydrogens (tertiary/aromatic N) is 2. The Morgan fingerprint density at radius 2 is 2.15 bits per heavy atom. The molecule has 0 amide bonds. The first-order valence-corrected chi connectivity index (χ1v) is 7.16. The molecular weight excluding hydrogens is 252 g/mol. The van der Waals surface area contributed by atoms with Crippen LogP contribution in [0, 0.1) is 12.8 Å². The maximum atomic E-state index is 5.04. The van der Waals surface area contributed by atoms with Crippen LogP contribution in [0.2, 0.25) is 0 Å². The molecule has 0 spiro atoms. The van der Waals surface area contributed by atoms with Gasteiger partial charge in [0.1, 0.15) is 11.6 Å². The number of anilines is 2. The summed E-state index contributed by atoms with van der Waals surface area (Å²) in [5.41, 5.74) is 1.14. The van der Waals surface area contributed by atoms with Crippen LogP contribution in [0.5, 0.6) is 0 Å². The molecule has 2 aromatic heterocycles. The van der Waals surface area contributed by atoms with Crippen molar-refractivity contribution in [3.8, 4) is 0 Å². The van der Waals surface area contributed by atoms with E-state index >= 15 is 0 Å². The van der Waals surface area contributed by atoms with Crippen molar-refractivity contribution >= 4 is 11.6 Å². The zero-order chi connectivity index (χ0) is 13.8. The first-order valence-electron chi connectivity index (χ1n) is 7.16. The van der Waals surface area contributed by atoms with E-state index < -0.39 is 0 Å². The normalized spacial score (nSPS) is 16.2. The average molecular weight is 272 g/mol. The van der Waals surface area contributed by atoms with Crippen LogP contribution < -0.4 is 10.6 Å². The van der Waals surface area contributed by atoms with E-state index in [0.717, 1.165) is 42.7 Å². The average Bonchev–Trinajstić information content (AvgIpc) is 2.86. The number of aryl methyl sites for hydroxylation is 1. The van der Waals surface area contributed by atoms with Gasteiger partial charge in [-0.3, -0.25) is 0 Å². The molecule has 0 bridgehead atoms. The number of aromatic nitrogens is 2. The van der Waals surface area contributed by atoms with Crippen molar-refractivity contribution in [1.82, 2.24) is 15.5 Å². The lowest BCUT2D eigenvalue weighted by Crippen LogP contribution is -2.28. The maximum absolute atomic E-state index is 5.04. The summed E-state index contributed by atoms with van der Waals surface area (Å²) in [6.45, 7) is 4.13. The van der Waals surface area contributed by atoms with Crippen LogP contribution >= 0.6 is 0 Å². The Balaban J connectivity index is 1.65. The van der Waals surface area contributed by atoms with Crippen molar-refractivity contribution in [2.24, 2.45) is 5.92 Å². The van der Waals surface area contributed by atoms with E-state index in [-0.39, 0.29) is 0 Å². The van der Waals surface area contributed by atoms with Crippen LogP contribution in [0.15, 0.2) is 28.8 Å². The molecule has 20 heavy (non-hydrogen) atoms. The van der Waals surface area contributed by atoms with Gasteiger partial charge in [-0.15, -0.1) is 0 Å². The van der Waals surface area contributed by atoms with Gasteiger partial charge in [-0.1, -0.05) is 11.2 Å². The summed E-state index contributed by atoms with van der Waals surface area (Å²) in [7, 11) is 0. The number of nitrogens with one attached hydrogen (secondary N) is 2. The fraction of sp³-hybridized carbons (Fsp3) is 0.467. The van der Waals surface area contributed by atoms with E-state index in [2.05, 4.69) is 26.8 Å². The van der Waals surface area contributed by atoms with Gasteiger partial charge in [-0.05, 0) is 57.3 Å². The van der Waals surface area contributed by atoms with Gasteiger partial charge in [0, 0.05) is 11.8 Å². The Hall–Kier alpha value is -1.88. The predicted molar refractivity (Wildman–Crippen MR) is 78.1 cm³/mol. The van der Waals surface area contributed by atoms with Gasteiger partial charge in [0.25, 0.3) is 0 Å². The van der Waals surface area contributed by atoms with E-state index in [4.69, 9.17) is 4.52 Å². The smallest absolute Gasteiger partial charge is 0.175 e. The molecule has 106 valence electrons. The summed E-state index contributed by atoms with van der Waals surface area (Å²) < 4.78 is 5.04. The molecule has 0 saturated carbocycles. The van der Waals surface area contributed by atoms with Gasteiger partial charge < -0.3 is 15.2 Å². The maximum Gasteiger partial charge on any atom is 0.175 e. The van der Waals surface area contributed by atoms with Crippen LogP contribution in [-0.2, 0) is 6.42 Å². The highest BCUT2D eigenvalue weighted by Gasteiger charge is 2.14. The molecule has 0 aliphatic carbocycles. The lowest BCUT2D eigenvalue weighted by Gasteiger charge is -2.22. The van der Waals surface area contributed by atoms with Gasteiger partial charge >= 0.3 is 0 Å². The van der Waals surface area contributed by atoms with Gasteiger partial charge in [-0.25, -0.2) is 4.98 Å². The molecule has 2 N–H and O–H groups in total. The Bertz CT molecular complexity index is 561. The SMILES string of the molecule is Cc1cc(Nc2cccc(CC3CCNCC3)n2)no1. The quantitative estimate of drug-likeness (QED) is 0.896. The zero-order valence-corrected chi connectivity index (χ0v) is 11.7. The van der Waals surface area contributed by atoms with Crippen LogP contribution in [-0.4, -0.2) is 23.2 Å².